The van der Waals surface area contributed by atoms with Gasteiger partial charge in [-0.15, -0.1) is 10.2 Å². The first-order valence-corrected chi connectivity index (χ1v) is 12.5. The second-order valence-corrected chi connectivity index (χ2v) is 10.4. The maximum atomic E-state index is 12.9. The summed E-state index contributed by atoms with van der Waals surface area (Å²) >= 11 is 6.34. The Morgan fingerprint density at radius 1 is 1.37 bits per heavy atom. The molecule has 3 unspecified atom stereocenters. The van der Waals surface area contributed by atoms with E-state index in [1.165, 1.54) is 0 Å². The van der Waals surface area contributed by atoms with E-state index in [0.29, 0.717) is 17.3 Å². The number of fused-ring (bicyclic) bond motifs is 2. The van der Waals surface area contributed by atoms with Crippen LogP contribution in [0.15, 0.2) is 24.4 Å². The summed E-state index contributed by atoms with van der Waals surface area (Å²) in [5, 5.41) is 12.8. The molecule has 3 aromatic heterocycles. The van der Waals surface area contributed by atoms with Crippen molar-refractivity contribution in [3.63, 3.8) is 0 Å². The highest BCUT2D eigenvalue weighted by Crippen LogP contribution is 2.33. The maximum absolute atomic E-state index is 12.9. The lowest BCUT2D eigenvalue weighted by molar-refractivity contribution is 0.0927. The minimum Gasteiger partial charge on any atom is -0.384 e. The smallest absolute Gasteiger partial charge is 0.272 e. The Morgan fingerprint density at radius 3 is 2.97 bits per heavy atom. The Kier molecular flexibility index (Phi) is 6.41. The van der Waals surface area contributed by atoms with Crippen molar-refractivity contribution in [2.45, 2.75) is 51.7 Å². The number of carbonyl (C=O) groups is 1. The molecular weight excluding hydrogens is 466 g/mol. The molecule has 1 saturated heterocycles. The molecule has 9 nitrogen and oxygen atoms in total. The third-order valence-electron chi connectivity index (χ3n) is 7.39. The fourth-order valence-electron chi connectivity index (χ4n) is 5.28. The maximum Gasteiger partial charge on any atom is 0.272 e. The van der Waals surface area contributed by atoms with Gasteiger partial charge in [0.25, 0.3) is 5.91 Å². The fraction of sp³-hybridized carbons (Fsp3) is 0.520. The monoisotopic (exact) mass is 497 g/mol. The summed E-state index contributed by atoms with van der Waals surface area (Å²) < 4.78 is 7.32. The molecule has 3 atom stereocenters. The highest BCUT2D eigenvalue weighted by Gasteiger charge is 2.41. The number of aryl methyl sites for hydroxylation is 2. The van der Waals surface area contributed by atoms with Crippen LogP contribution in [0.25, 0.3) is 11.0 Å². The largest absolute Gasteiger partial charge is 0.384 e. The van der Waals surface area contributed by atoms with Crippen molar-refractivity contribution in [2.75, 3.05) is 31.7 Å². The van der Waals surface area contributed by atoms with Gasteiger partial charge in [-0.3, -0.25) is 4.79 Å². The van der Waals surface area contributed by atoms with Crippen LogP contribution in [0.5, 0.6) is 0 Å². The van der Waals surface area contributed by atoms with E-state index in [1.807, 2.05) is 17.7 Å². The lowest BCUT2D eigenvalue weighted by Gasteiger charge is -2.28. The molecule has 1 fully saturated rings. The van der Waals surface area contributed by atoms with Crippen LogP contribution >= 0.6 is 11.6 Å². The summed E-state index contributed by atoms with van der Waals surface area (Å²) in [4.78, 5) is 20.1. The van der Waals surface area contributed by atoms with Crippen molar-refractivity contribution < 1.29 is 9.53 Å². The van der Waals surface area contributed by atoms with Gasteiger partial charge in [-0.2, -0.15) is 0 Å². The van der Waals surface area contributed by atoms with Gasteiger partial charge < -0.3 is 25.3 Å². The van der Waals surface area contributed by atoms with Gasteiger partial charge in [-0.05, 0) is 43.9 Å². The molecule has 1 aliphatic carbocycles. The zero-order chi connectivity index (χ0) is 24.7. The fourth-order valence-corrected chi connectivity index (χ4v) is 5.54. The number of methoxy groups -OCH3 is 1. The van der Waals surface area contributed by atoms with Crippen molar-refractivity contribution >= 4 is 34.4 Å². The predicted octanol–water partition coefficient (Wildman–Crippen LogP) is 2.59. The molecule has 0 bridgehead atoms. The van der Waals surface area contributed by atoms with Gasteiger partial charge >= 0.3 is 0 Å². The van der Waals surface area contributed by atoms with Crippen LogP contribution in [0.2, 0.25) is 5.02 Å². The van der Waals surface area contributed by atoms with Gasteiger partial charge in [0.2, 0.25) is 0 Å². The third-order valence-corrected chi connectivity index (χ3v) is 7.69. The normalized spacial score (nSPS) is 24.1. The van der Waals surface area contributed by atoms with E-state index >= 15 is 0 Å². The van der Waals surface area contributed by atoms with E-state index < -0.39 is 0 Å². The van der Waals surface area contributed by atoms with Gasteiger partial charge in [0, 0.05) is 61.5 Å². The number of halogens is 1. The molecule has 0 spiro atoms. The van der Waals surface area contributed by atoms with Crippen molar-refractivity contribution in [3.05, 3.63) is 46.4 Å². The summed E-state index contributed by atoms with van der Waals surface area (Å²) in [6.07, 6.45) is 4.17. The molecule has 4 heterocycles. The van der Waals surface area contributed by atoms with E-state index in [-0.39, 0.29) is 29.1 Å². The summed E-state index contributed by atoms with van der Waals surface area (Å²) in [6.45, 7) is 7.13. The van der Waals surface area contributed by atoms with Crippen LogP contribution < -0.4 is 16.0 Å². The quantitative estimate of drug-likeness (QED) is 0.538. The molecule has 1 aliphatic heterocycles. The lowest BCUT2D eigenvalue weighted by Crippen LogP contribution is -2.41. The van der Waals surface area contributed by atoms with Crippen LogP contribution in [0.3, 0.4) is 0 Å². The number of rotatable bonds is 6. The zero-order valence-electron chi connectivity index (χ0n) is 20.4. The van der Waals surface area contributed by atoms with Crippen molar-refractivity contribution in [1.29, 1.82) is 0 Å². The number of hydrogen-bond donors (Lipinski definition) is 2. The third kappa shape index (κ3) is 4.48. The number of pyridine rings is 1. The van der Waals surface area contributed by atoms with E-state index in [4.69, 9.17) is 27.1 Å². The van der Waals surface area contributed by atoms with Crippen LogP contribution in [0, 0.1) is 5.41 Å². The number of amides is 1. The first kappa shape index (κ1) is 24.0. The Labute approximate surface area is 210 Å². The van der Waals surface area contributed by atoms with Gasteiger partial charge in [-0.1, -0.05) is 24.6 Å². The average Bonchev–Trinajstić information content (AvgIpc) is 3.34. The van der Waals surface area contributed by atoms with E-state index in [2.05, 4.69) is 39.5 Å². The topological polar surface area (TPSA) is 111 Å². The summed E-state index contributed by atoms with van der Waals surface area (Å²) in [7, 11) is 1.72. The van der Waals surface area contributed by atoms with Crippen molar-refractivity contribution in [1.82, 2.24) is 25.1 Å². The first-order chi connectivity index (χ1) is 16.8. The number of anilines is 1. The van der Waals surface area contributed by atoms with Crippen LogP contribution in [-0.2, 0) is 24.1 Å². The molecule has 0 saturated carbocycles. The second kappa shape index (κ2) is 9.37. The number of hydrogen-bond acceptors (Lipinski definition) is 7. The number of aromatic nitrogens is 4. The Balaban J connectivity index is 1.26. The molecule has 0 aromatic carbocycles. The number of carbonyl (C=O) groups excluding carboxylic acids is 1. The molecule has 1 amide bonds. The molecule has 3 N–H and O–H groups in total. The molecule has 10 heteroatoms. The summed E-state index contributed by atoms with van der Waals surface area (Å²) in [6, 6.07) is 5.97. The van der Waals surface area contributed by atoms with Crippen molar-refractivity contribution in [2.24, 2.45) is 11.1 Å². The van der Waals surface area contributed by atoms with Crippen LogP contribution in [-0.4, -0.2) is 64.5 Å². The van der Waals surface area contributed by atoms with Crippen LogP contribution in [0.1, 0.15) is 42.0 Å². The minimum atomic E-state index is -0.235. The number of nitrogens with zero attached hydrogens (tertiary/aromatic N) is 5. The Hall–Kier alpha value is -2.75. The molecule has 35 heavy (non-hydrogen) atoms. The molecule has 0 radical (unpaired) electrons. The van der Waals surface area contributed by atoms with Crippen molar-refractivity contribution in [3.8, 4) is 0 Å². The molecule has 2 aliphatic rings. The van der Waals surface area contributed by atoms with Gasteiger partial charge in [0.05, 0.1) is 11.6 Å². The van der Waals surface area contributed by atoms with Gasteiger partial charge in [0.15, 0.2) is 11.3 Å². The standard InChI is InChI=1S/C25H32ClN7O2/c1-4-32-11-18(26)17-10-20(30-31-23(17)32)24(34)28-16-6-7-19-15(9-16)5-8-22(29-19)33-12-21(27)25(2,13-33)14-35-3/h5,8,10-11,16,21H,4,6-7,9,12-14,27H2,1-3H3,(H,28,34). The summed E-state index contributed by atoms with van der Waals surface area (Å²) in [5.74, 6) is 0.724. The summed E-state index contributed by atoms with van der Waals surface area (Å²) in [5.41, 5.74) is 9.55. The second-order valence-electron chi connectivity index (χ2n) is 9.99. The Morgan fingerprint density at radius 2 is 2.20 bits per heavy atom. The molecular formula is C25H32ClN7O2. The number of nitrogens with one attached hydrogen (secondary N) is 1. The van der Waals surface area contributed by atoms with Crippen LogP contribution in [0.4, 0.5) is 5.82 Å². The minimum absolute atomic E-state index is 0.0149. The molecule has 186 valence electrons. The first-order valence-electron chi connectivity index (χ1n) is 12.1. The predicted molar refractivity (Wildman–Crippen MR) is 136 cm³/mol. The van der Waals surface area contributed by atoms with Gasteiger partial charge in [0.1, 0.15) is 5.82 Å². The lowest BCUT2D eigenvalue weighted by atomic mass is 9.87. The SMILES string of the molecule is CCn1cc(Cl)c2cc(C(=O)NC3CCc4nc(N5CC(N)C(C)(COC)C5)ccc4C3)nnc21. The van der Waals surface area contributed by atoms with E-state index in [9.17, 15) is 4.79 Å². The van der Waals surface area contributed by atoms with E-state index in [1.54, 1.807) is 13.2 Å². The molecule has 3 aromatic rings. The average molecular weight is 498 g/mol. The molecule has 5 rings (SSSR count). The van der Waals surface area contributed by atoms with Gasteiger partial charge in [-0.25, -0.2) is 4.98 Å². The highest BCUT2D eigenvalue weighted by atomic mass is 35.5. The zero-order valence-corrected chi connectivity index (χ0v) is 21.2. The number of ether oxygens (including phenoxy) is 1. The van der Waals surface area contributed by atoms with E-state index in [0.717, 1.165) is 61.4 Å². The number of nitrogens with two attached hydrogens (primary N) is 1. The highest BCUT2D eigenvalue weighted by molar-refractivity contribution is 6.35. The Bertz CT molecular complexity index is 1260.